The summed E-state index contributed by atoms with van der Waals surface area (Å²) in [6, 6.07) is 2.62. The second-order valence-corrected chi connectivity index (χ2v) is 5.88. The molecule has 1 heterocycles. The van der Waals surface area contributed by atoms with Gasteiger partial charge >= 0.3 is 0 Å². The van der Waals surface area contributed by atoms with Crippen LogP contribution in [-0.4, -0.2) is 60.6 Å². The second kappa shape index (κ2) is 6.72. The van der Waals surface area contributed by atoms with E-state index in [1.807, 2.05) is 0 Å². The lowest BCUT2D eigenvalue weighted by molar-refractivity contribution is 0.0376. The Morgan fingerprint density at radius 3 is 2.18 bits per heavy atom. The van der Waals surface area contributed by atoms with Crippen LogP contribution in [-0.2, 0) is 0 Å². The molecule has 0 aromatic carbocycles. The minimum atomic E-state index is 0.639. The van der Waals surface area contributed by atoms with Gasteiger partial charge in [-0.25, -0.2) is 0 Å². The molecule has 3 heteroatoms. The summed E-state index contributed by atoms with van der Waals surface area (Å²) in [5.41, 5.74) is 0. The Labute approximate surface area is 108 Å². The molecule has 0 amide bonds. The fourth-order valence-corrected chi connectivity index (χ4v) is 2.45. The first-order valence-corrected chi connectivity index (χ1v) is 7.15. The zero-order valence-corrected chi connectivity index (χ0v) is 12.5. The third kappa shape index (κ3) is 4.23. The quantitative estimate of drug-likeness (QED) is 0.792. The van der Waals surface area contributed by atoms with Crippen molar-refractivity contribution >= 4 is 0 Å². The summed E-state index contributed by atoms with van der Waals surface area (Å²) in [6.45, 7) is 15.0. The van der Waals surface area contributed by atoms with E-state index in [0.29, 0.717) is 24.2 Å². The number of rotatable bonds is 5. The first-order chi connectivity index (χ1) is 7.95. The molecule has 0 aromatic heterocycles. The van der Waals surface area contributed by atoms with Gasteiger partial charge in [0.15, 0.2) is 0 Å². The molecule has 0 saturated carbocycles. The topological polar surface area (TPSA) is 18.5 Å². The van der Waals surface area contributed by atoms with Gasteiger partial charge in [-0.05, 0) is 41.2 Å². The predicted molar refractivity (Wildman–Crippen MR) is 75.5 cm³/mol. The summed E-state index contributed by atoms with van der Waals surface area (Å²) < 4.78 is 0. The minimum Gasteiger partial charge on any atom is -0.313 e. The zero-order chi connectivity index (χ0) is 13.0. The Morgan fingerprint density at radius 1 is 1.18 bits per heavy atom. The van der Waals surface area contributed by atoms with Crippen molar-refractivity contribution in [3.8, 4) is 0 Å². The van der Waals surface area contributed by atoms with Crippen LogP contribution in [0, 0.1) is 0 Å². The highest BCUT2D eigenvalue weighted by Gasteiger charge is 2.28. The van der Waals surface area contributed by atoms with Crippen molar-refractivity contribution in [3.05, 3.63) is 0 Å². The molecule has 4 atom stereocenters. The molecular formula is C14H31N3. The van der Waals surface area contributed by atoms with Gasteiger partial charge in [-0.3, -0.25) is 9.80 Å². The Kier molecular flexibility index (Phi) is 5.90. The molecule has 17 heavy (non-hydrogen) atoms. The fraction of sp³-hybridized carbons (Fsp3) is 1.00. The van der Waals surface area contributed by atoms with Gasteiger partial charge in [-0.2, -0.15) is 0 Å². The molecule has 0 aliphatic carbocycles. The Hall–Kier alpha value is -0.120. The van der Waals surface area contributed by atoms with Crippen LogP contribution in [0.25, 0.3) is 0 Å². The predicted octanol–water partition coefficient (Wildman–Crippen LogP) is 1.79. The van der Waals surface area contributed by atoms with E-state index in [1.165, 1.54) is 19.5 Å². The maximum absolute atomic E-state index is 3.61. The van der Waals surface area contributed by atoms with Crippen LogP contribution < -0.4 is 5.32 Å². The van der Waals surface area contributed by atoms with Crippen molar-refractivity contribution in [3.63, 3.8) is 0 Å². The van der Waals surface area contributed by atoms with Crippen molar-refractivity contribution in [1.29, 1.82) is 0 Å². The monoisotopic (exact) mass is 241 g/mol. The van der Waals surface area contributed by atoms with Gasteiger partial charge in [0.05, 0.1) is 0 Å². The highest BCUT2D eigenvalue weighted by molar-refractivity contribution is 4.86. The summed E-state index contributed by atoms with van der Waals surface area (Å²) in [5.74, 6) is 0. The van der Waals surface area contributed by atoms with Crippen LogP contribution in [0.3, 0.4) is 0 Å². The van der Waals surface area contributed by atoms with E-state index < -0.39 is 0 Å². The molecule has 1 aliphatic heterocycles. The molecule has 3 nitrogen and oxygen atoms in total. The molecule has 0 aromatic rings. The van der Waals surface area contributed by atoms with E-state index in [1.54, 1.807) is 0 Å². The third-order valence-corrected chi connectivity index (χ3v) is 4.39. The van der Waals surface area contributed by atoms with E-state index in [4.69, 9.17) is 0 Å². The van der Waals surface area contributed by atoms with Crippen molar-refractivity contribution in [2.45, 2.75) is 65.2 Å². The molecule has 1 saturated heterocycles. The van der Waals surface area contributed by atoms with E-state index >= 15 is 0 Å². The van der Waals surface area contributed by atoms with Crippen LogP contribution in [0.4, 0.5) is 0 Å². The normalized spacial score (nSPS) is 31.4. The number of nitrogens with zero attached hydrogens (tertiary/aromatic N) is 2. The van der Waals surface area contributed by atoms with Gasteiger partial charge in [-0.15, -0.1) is 0 Å². The maximum atomic E-state index is 3.61. The second-order valence-electron chi connectivity index (χ2n) is 5.88. The van der Waals surface area contributed by atoms with Gasteiger partial charge in [0.1, 0.15) is 0 Å². The maximum Gasteiger partial charge on any atom is 0.0195 e. The average Bonchev–Trinajstić information content (AvgIpc) is 2.31. The molecule has 0 bridgehead atoms. The molecule has 1 aliphatic rings. The van der Waals surface area contributed by atoms with E-state index in [9.17, 15) is 0 Å². The summed E-state index contributed by atoms with van der Waals surface area (Å²) >= 11 is 0. The molecular weight excluding hydrogens is 210 g/mol. The highest BCUT2D eigenvalue weighted by Crippen LogP contribution is 2.15. The summed E-state index contributed by atoms with van der Waals surface area (Å²) in [5, 5.41) is 3.61. The van der Waals surface area contributed by atoms with Crippen molar-refractivity contribution in [2.24, 2.45) is 0 Å². The lowest BCUT2D eigenvalue weighted by atomic mass is 10.1. The molecule has 1 rings (SSSR count). The van der Waals surface area contributed by atoms with Crippen LogP contribution in [0.2, 0.25) is 0 Å². The van der Waals surface area contributed by atoms with Crippen molar-refractivity contribution < 1.29 is 0 Å². The van der Waals surface area contributed by atoms with E-state index in [0.717, 1.165) is 6.54 Å². The van der Waals surface area contributed by atoms with Crippen molar-refractivity contribution in [1.82, 2.24) is 15.1 Å². The third-order valence-electron chi connectivity index (χ3n) is 4.39. The summed E-state index contributed by atoms with van der Waals surface area (Å²) in [7, 11) is 2.24. The zero-order valence-electron chi connectivity index (χ0n) is 12.5. The largest absolute Gasteiger partial charge is 0.313 e. The number of nitrogens with one attached hydrogen (secondary N) is 1. The van der Waals surface area contributed by atoms with Gasteiger partial charge in [0.2, 0.25) is 0 Å². The van der Waals surface area contributed by atoms with Crippen LogP contribution >= 0.6 is 0 Å². The van der Waals surface area contributed by atoms with E-state index in [2.05, 4.69) is 56.8 Å². The Bertz CT molecular complexity index is 208. The van der Waals surface area contributed by atoms with Crippen LogP contribution in [0.5, 0.6) is 0 Å². The highest BCUT2D eigenvalue weighted by atomic mass is 15.3. The molecule has 4 unspecified atom stereocenters. The first kappa shape index (κ1) is 14.9. The fourth-order valence-electron chi connectivity index (χ4n) is 2.45. The molecule has 1 fully saturated rings. The number of piperazine rings is 1. The standard InChI is InChI=1S/C14H31N3/c1-7-11(2)15-8-12(3)17-9-13(4)16(6)14(5)10-17/h11-15H,7-10H2,1-6H3. The van der Waals surface area contributed by atoms with Gasteiger partial charge in [0.25, 0.3) is 0 Å². The van der Waals surface area contributed by atoms with Crippen molar-refractivity contribution in [2.75, 3.05) is 26.7 Å². The number of likely N-dealkylation sites (N-methyl/N-ethyl adjacent to an activating group) is 1. The molecule has 102 valence electrons. The average molecular weight is 241 g/mol. The van der Waals surface area contributed by atoms with Gasteiger partial charge < -0.3 is 5.32 Å². The van der Waals surface area contributed by atoms with Gasteiger partial charge in [-0.1, -0.05) is 6.92 Å². The van der Waals surface area contributed by atoms with E-state index in [-0.39, 0.29) is 0 Å². The van der Waals surface area contributed by atoms with Gasteiger partial charge in [0, 0.05) is 43.8 Å². The molecule has 0 spiro atoms. The first-order valence-electron chi connectivity index (χ1n) is 7.15. The smallest absolute Gasteiger partial charge is 0.0195 e. The lowest BCUT2D eigenvalue weighted by Crippen LogP contribution is -2.58. The Balaban J connectivity index is 2.39. The number of hydrogen-bond donors (Lipinski definition) is 1. The number of hydrogen-bond acceptors (Lipinski definition) is 3. The van der Waals surface area contributed by atoms with Crippen LogP contribution in [0.15, 0.2) is 0 Å². The SMILES string of the molecule is CCC(C)NCC(C)N1CC(C)N(C)C(C)C1. The summed E-state index contributed by atoms with van der Waals surface area (Å²) in [4.78, 5) is 5.12. The summed E-state index contributed by atoms with van der Waals surface area (Å²) in [6.07, 6.45) is 1.21. The minimum absolute atomic E-state index is 0.639. The Morgan fingerprint density at radius 2 is 1.71 bits per heavy atom. The molecule has 1 N–H and O–H groups in total. The lowest BCUT2D eigenvalue weighted by Gasteiger charge is -2.45. The molecule has 0 radical (unpaired) electrons. The van der Waals surface area contributed by atoms with Crippen LogP contribution in [0.1, 0.15) is 41.0 Å².